The van der Waals surface area contributed by atoms with E-state index in [4.69, 9.17) is 0 Å². The van der Waals surface area contributed by atoms with Crippen LogP contribution in [0.5, 0.6) is 0 Å². The van der Waals surface area contributed by atoms with Gasteiger partial charge in [-0.15, -0.1) is 0 Å². The molecule has 0 aliphatic heterocycles. The number of carbonyl (C=O) groups is 1. The molecule has 0 atom stereocenters. The first kappa shape index (κ1) is 12.3. The zero-order chi connectivity index (χ0) is 13.3. The third-order valence-corrected chi connectivity index (χ3v) is 2.81. The minimum Gasteiger partial charge on any atom is -0.478 e. The van der Waals surface area contributed by atoms with Gasteiger partial charge in [-0.2, -0.15) is 5.10 Å². The lowest BCUT2D eigenvalue weighted by Crippen LogP contribution is -2.08. The van der Waals surface area contributed by atoms with Crippen LogP contribution in [0.3, 0.4) is 0 Å². The van der Waals surface area contributed by atoms with E-state index >= 15 is 0 Å². The smallest absolute Gasteiger partial charge is 0.339 e. The van der Waals surface area contributed by atoms with Crippen molar-refractivity contribution in [2.24, 2.45) is 7.05 Å². The monoisotopic (exact) mass is 248 g/mol. The summed E-state index contributed by atoms with van der Waals surface area (Å²) in [4.78, 5) is 15.4. The van der Waals surface area contributed by atoms with Crippen molar-refractivity contribution in [2.45, 2.75) is 20.3 Å². The van der Waals surface area contributed by atoms with E-state index in [1.807, 2.05) is 13.8 Å². The number of anilines is 1. The van der Waals surface area contributed by atoms with Gasteiger partial charge in [0.15, 0.2) is 5.65 Å². The normalized spacial score (nSPS) is 10.8. The van der Waals surface area contributed by atoms with Gasteiger partial charge in [-0.1, -0.05) is 6.92 Å². The summed E-state index contributed by atoms with van der Waals surface area (Å²) in [5, 5.41) is 17.4. The molecule has 2 N–H and O–H groups in total. The third-order valence-electron chi connectivity index (χ3n) is 2.81. The summed E-state index contributed by atoms with van der Waals surface area (Å²) in [7, 11) is 1.80. The number of aromatic nitrogens is 3. The number of carboxylic acids is 1. The summed E-state index contributed by atoms with van der Waals surface area (Å²) in [5.74, 6) is -0.980. The average Bonchev–Trinajstić information content (AvgIpc) is 2.62. The quantitative estimate of drug-likeness (QED) is 0.862. The fourth-order valence-electron chi connectivity index (χ4n) is 2.01. The van der Waals surface area contributed by atoms with E-state index in [0.717, 1.165) is 17.5 Å². The summed E-state index contributed by atoms with van der Waals surface area (Å²) in [6.45, 7) is 4.60. The first-order valence-electron chi connectivity index (χ1n) is 5.85. The number of hydrogen-bond acceptors (Lipinski definition) is 4. The molecule has 0 amide bonds. The van der Waals surface area contributed by atoms with Crippen LogP contribution in [0, 0.1) is 6.92 Å². The highest BCUT2D eigenvalue weighted by Gasteiger charge is 2.18. The van der Waals surface area contributed by atoms with Gasteiger partial charge in [-0.25, -0.2) is 9.78 Å². The van der Waals surface area contributed by atoms with Gasteiger partial charge in [0.05, 0.1) is 16.8 Å². The van der Waals surface area contributed by atoms with E-state index in [2.05, 4.69) is 15.4 Å². The van der Waals surface area contributed by atoms with Crippen LogP contribution < -0.4 is 5.32 Å². The topological polar surface area (TPSA) is 80.0 Å². The second-order valence-electron chi connectivity index (χ2n) is 4.19. The molecule has 0 fully saturated rings. The zero-order valence-corrected chi connectivity index (χ0v) is 10.7. The van der Waals surface area contributed by atoms with E-state index in [-0.39, 0.29) is 5.56 Å². The number of nitrogens with one attached hydrogen (secondary N) is 1. The Hall–Kier alpha value is -2.11. The van der Waals surface area contributed by atoms with E-state index < -0.39 is 5.97 Å². The van der Waals surface area contributed by atoms with E-state index in [9.17, 15) is 9.90 Å². The van der Waals surface area contributed by atoms with Gasteiger partial charge in [-0.3, -0.25) is 4.68 Å². The maximum Gasteiger partial charge on any atom is 0.339 e. The molecule has 0 bridgehead atoms. The molecule has 0 aliphatic carbocycles. The molecule has 2 aromatic rings. The number of rotatable bonds is 4. The first-order valence-corrected chi connectivity index (χ1v) is 5.85. The van der Waals surface area contributed by atoms with Crippen LogP contribution >= 0.6 is 0 Å². The van der Waals surface area contributed by atoms with Gasteiger partial charge in [0.1, 0.15) is 5.56 Å². The summed E-state index contributed by atoms with van der Waals surface area (Å²) in [5.41, 5.74) is 2.27. The van der Waals surface area contributed by atoms with E-state index in [0.29, 0.717) is 17.9 Å². The highest BCUT2D eigenvalue weighted by molar-refractivity contribution is 6.04. The lowest BCUT2D eigenvalue weighted by molar-refractivity contribution is 0.0697. The van der Waals surface area contributed by atoms with Crippen molar-refractivity contribution in [1.29, 1.82) is 0 Å². The van der Waals surface area contributed by atoms with Gasteiger partial charge < -0.3 is 10.4 Å². The van der Waals surface area contributed by atoms with Gasteiger partial charge in [0, 0.05) is 19.8 Å². The number of aryl methyl sites for hydroxylation is 2. The minimum atomic E-state index is -0.980. The predicted octanol–water partition coefficient (Wildman–Crippen LogP) is 1.80. The van der Waals surface area contributed by atoms with Crippen LogP contribution in [0.4, 0.5) is 5.69 Å². The predicted molar refractivity (Wildman–Crippen MR) is 69.0 cm³/mol. The minimum absolute atomic E-state index is 0.187. The Bertz CT molecular complexity index is 604. The molecular formula is C12H16N4O2. The molecule has 2 heterocycles. The summed E-state index contributed by atoms with van der Waals surface area (Å²) in [6, 6.07) is 0. The van der Waals surface area contributed by atoms with E-state index in [1.165, 1.54) is 6.20 Å². The molecule has 96 valence electrons. The van der Waals surface area contributed by atoms with Crippen molar-refractivity contribution in [2.75, 3.05) is 11.9 Å². The second-order valence-corrected chi connectivity index (χ2v) is 4.19. The van der Waals surface area contributed by atoms with Gasteiger partial charge in [0.25, 0.3) is 0 Å². The van der Waals surface area contributed by atoms with Crippen LogP contribution in [0.2, 0.25) is 0 Å². The maximum absolute atomic E-state index is 11.2. The molecule has 18 heavy (non-hydrogen) atoms. The van der Waals surface area contributed by atoms with Gasteiger partial charge >= 0.3 is 5.97 Å². The molecule has 6 nitrogen and oxygen atoms in total. The van der Waals surface area contributed by atoms with Crippen molar-refractivity contribution >= 4 is 22.7 Å². The molecule has 2 rings (SSSR count). The Labute approximate surface area is 105 Å². The standard InChI is InChI=1S/C12H16N4O2/c1-4-5-13-10-8(12(17)18)6-14-11-9(10)7(2)15-16(11)3/h6H,4-5H2,1-3H3,(H,13,14)(H,17,18). The van der Waals surface area contributed by atoms with Gasteiger partial charge in [-0.05, 0) is 13.3 Å². The fourth-order valence-corrected chi connectivity index (χ4v) is 2.01. The Morgan fingerprint density at radius 3 is 2.89 bits per heavy atom. The van der Waals surface area contributed by atoms with Crippen molar-refractivity contribution < 1.29 is 9.90 Å². The molecule has 0 saturated carbocycles. The highest BCUT2D eigenvalue weighted by Crippen LogP contribution is 2.28. The van der Waals surface area contributed by atoms with Crippen LogP contribution in [-0.4, -0.2) is 32.4 Å². The van der Waals surface area contributed by atoms with Crippen LogP contribution in [0.1, 0.15) is 29.4 Å². The molecule has 0 saturated heterocycles. The van der Waals surface area contributed by atoms with Crippen molar-refractivity contribution in [3.05, 3.63) is 17.5 Å². The van der Waals surface area contributed by atoms with Crippen LogP contribution in [0.25, 0.3) is 11.0 Å². The number of pyridine rings is 1. The molecule has 0 aliphatic rings. The van der Waals surface area contributed by atoms with Gasteiger partial charge in [0.2, 0.25) is 0 Å². The number of hydrogen-bond donors (Lipinski definition) is 2. The Morgan fingerprint density at radius 2 is 2.28 bits per heavy atom. The van der Waals surface area contributed by atoms with Crippen molar-refractivity contribution in [3.63, 3.8) is 0 Å². The Balaban J connectivity index is 2.71. The SMILES string of the molecule is CCCNc1c(C(=O)O)cnc2c1c(C)nn2C. The van der Waals surface area contributed by atoms with Crippen LogP contribution in [-0.2, 0) is 7.05 Å². The summed E-state index contributed by atoms with van der Waals surface area (Å²) >= 11 is 0. The number of aromatic carboxylic acids is 1. The number of carboxylic acid groups (broad SMARTS) is 1. The average molecular weight is 248 g/mol. The maximum atomic E-state index is 11.2. The molecule has 0 aromatic carbocycles. The molecule has 0 radical (unpaired) electrons. The molecule has 0 spiro atoms. The largest absolute Gasteiger partial charge is 0.478 e. The van der Waals surface area contributed by atoms with Crippen molar-refractivity contribution in [3.8, 4) is 0 Å². The Morgan fingerprint density at radius 1 is 1.56 bits per heavy atom. The lowest BCUT2D eigenvalue weighted by Gasteiger charge is -2.10. The molecule has 6 heteroatoms. The summed E-state index contributed by atoms with van der Waals surface area (Å²) in [6.07, 6.45) is 2.30. The molecule has 0 unspecified atom stereocenters. The highest BCUT2D eigenvalue weighted by atomic mass is 16.4. The molecular weight excluding hydrogens is 232 g/mol. The van der Waals surface area contributed by atoms with Crippen LogP contribution in [0.15, 0.2) is 6.20 Å². The zero-order valence-electron chi connectivity index (χ0n) is 10.7. The van der Waals surface area contributed by atoms with E-state index in [1.54, 1.807) is 11.7 Å². The number of fused-ring (bicyclic) bond motifs is 1. The summed E-state index contributed by atoms with van der Waals surface area (Å²) < 4.78 is 1.66. The Kier molecular flexibility index (Phi) is 3.18. The second kappa shape index (κ2) is 4.64. The van der Waals surface area contributed by atoms with Crippen molar-refractivity contribution in [1.82, 2.24) is 14.8 Å². The lowest BCUT2D eigenvalue weighted by atomic mass is 10.1. The fraction of sp³-hybridized carbons (Fsp3) is 0.417. The molecule has 2 aromatic heterocycles. The number of nitrogens with zero attached hydrogens (tertiary/aromatic N) is 3. The third kappa shape index (κ3) is 1.90. The first-order chi connectivity index (χ1) is 8.56.